The quantitative estimate of drug-likeness (QED) is 0.822. The van der Waals surface area contributed by atoms with Crippen LogP contribution in [0, 0.1) is 6.92 Å². The predicted octanol–water partition coefficient (Wildman–Crippen LogP) is 2.33. The third kappa shape index (κ3) is 5.03. The first-order valence-electron chi connectivity index (χ1n) is 8.94. The Kier molecular flexibility index (Phi) is 6.01. The predicted molar refractivity (Wildman–Crippen MR) is 101 cm³/mol. The number of hydrogen-bond acceptors (Lipinski definition) is 4. The molecule has 1 amide bonds. The lowest BCUT2D eigenvalue weighted by Gasteiger charge is -2.36. The Bertz CT molecular complexity index is 681. The number of aryl methyl sites for hydroxylation is 1. The summed E-state index contributed by atoms with van der Waals surface area (Å²) in [6.07, 6.45) is 4.24. The van der Waals surface area contributed by atoms with Crippen molar-refractivity contribution in [1.29, 1.82) is 0 Å². The maximum absolute atomic E-state index is 12.0. The van der Waals surface area contributed by atoms with E-state index in [1.165, 1.54) is 11.3 Å². The molecule has 0 bridgehead atoms. The number of nitrogens with zero attached hydrogens (tertiary/aromatic N) is 3. The van der Waals surface area contributed by atoms with Gasteiger partial charge in [0.25, 0.3) is 5.91 Å². The molecule has 2 aromatic rings. The smallest absolute Gasteiger partial charge is 0.252 e. The van der Waals surface area contributed by atoms with Crippen molar-refractivity contribution < 1.29 is 4.79 Å². The van der Waals surface area contributed by atoms with E-state index in [0.29, 0.717) is 12.1 Å². The Hall–Kier alpha value is -2.40. The molecule has 2 heterocycles. The molecular formula is C20H26N4O. The van der Waals surface area contributed by atoms with Crippen LogP contribution in [-0.2, 0) is 0 Å². The zero-order valence-corrected chi connectivity index (χ0v) is 14.8. The molecule has 1 aromatic heterocycles. The number of pyridine rings is 1. The van der Waals surface area contributed by atoms with Gasteiger partial charge < -0.3 is 10.2 Å². The van der Waals surface area contributed by atoms with Crippen LogP contribution in [0.15, 0.2) is 48.8 Å². The number of anilines is 1. The second kappa shape index (κ2) is 8.62. The summed E-state index contributed by atoms with van der Waals surface area (Å²) in [4.78, 5) is 20.8. The fourth-order valence-corrected chi connectivity index (χ4v) is 3.16. The van der Waals surface area contributed by atoms with Gasteiger partial charge in [-0.2, -0.15) is 0 Å². The van der Waals surface area contributed by atoms with Gasteiger partial charge in [-0.1, -0.05) is 12.1 Å². The van der Waals surface area contributed by atoms with E-state index in [-0.39, 0.29) is 5.91 Å². The van der Waals surface area contributed by atoms with E-state index in [1.807, 2.05) is 0 Å². The summed E-state index contributed by atoms with van der Waals surface area (Å²) in [5.74, 6) is -0.0441. The molecule has 5 heteroatoms. The lowest BCUT2D eigenvalue weighted by molar-refractivity contribution is 0.0951. The molecule has 0 atom stereocenters. The van der Waals surface area contributed by atoms with E-state index in [4.69, 9.17) is 0 Å². The van der Waals surface area contributed by atoms with Gasteiger partial charge in [-0.15, -0.1) is 0 Å². The number of piperazine rings is 1. The number of aromatic nitrogens is 1. The van der Waals surface area contributed by atoms with Crippen LogP contribution in [0.4, 0.5) is 5.69 Å². The largest absolute Gasteiger partial charge is 0.369 e. The van der Waals surface area contributed by atoms with E-state index >= 15 is 0 Å². The van der Waals surface area contributed by atoms with E-state index in [1.54, 1.807) is 24.5 Å². The lowest BCUT2D eigenvalue weighted by Crippen LogP contribution is -2.47. The van der Waals surface area contributed by atoms with Crippen LogP contribution in [0.1, 0.15) is 22.3 Å². The molecule has 25 heavy (non-hydrogen) atoms. The van der Waals surface area contributed by atoms with Gasteiger partial charge >= 0.3 is 0 Å². The average molecular weight is 338 g/mol. The van der Waals surface area contributed by atoms with Crippen LogP contribution in [0.3, 0.4) is 0 Å². The van der Waals surface area contributed by atoms with E-state index < -0.39 is 0 Å². The van der Waals surface area contributed by atoms with Gasteiger partial charge in [-0.3, -0.25) is 14.7 Å². The molecule has 0 saturated carbocycles. The van der Waals surface area contributed by atoms with Crippen molar-refractivity contribution in [3.8, 4) is 0 Å². The standard InChI is InChI=1S/C20H26N4O/c1-17-5-2-7-19(15-17)24-13-11-23(12-14-24)10-4-9-22-20(25)18-6-3-8-21-16-18/h2-3,5-8,15-16H,4,9-14H2,1H3,(H,22,25). The highest BCUT2D eigenvalue weighted by atomic mass is 16.1. The zero-order chi connectivity index (χ0) is 17.5. The van der Waals surface area contributed by atoms with Gasteiger partial charge in [-0.05, 0) is 49.7 Å². The summed E-state index contributed by atoms with van der Waals surface area (Å²) in [5.41, 5.74) is 3.25. The second-order valence-electron chi connectivity index (χ2n) is 6.52. The van der Waals surface area contributed by atoms with Crippen LogP contribution < -0.4 is 10.2 Å². The van der Waals surface area contributed by atoms with E-state index in [0.717, 1.165) is 39.1 Å². The number of carbonyl (C=O) groups is 1. The van der Waals surface area contributed by atoms with E-state index in [9.17, 15) is 4.79 Å². The number of rotatable bonds is 6. The van der Waals surface area contributed by atoms with Crippen LogP contribution in [-0.4, -0.2) is 55.1 Å². The van der Waals surface area contributed by atoms with Crippen molar-refractivity contribution in [2.75, 3.05) is 44.2 Å². The molecule has 0 radical (unpaired) electrons. The third-order valence-corrected chi connectivity index (χ3v) is 4.60. The molecule has 1 N–H and O–H groups in total. The Labute approximate surface area is 149 Å². The van der Waals surface area contributed by atoms with Gasteiger partial charge in [0.05, 0.1) is 5.56 Å². The van der Waals surface area contributed by atoms with Gasteiger partial charge in [0.2, 0.25) is 0 Å². The fourth-order valence-electron chi connectivity index (χ4n) is 3.16. The van der Waals surface area contributed by atoms with Gasteiger partial charge in [0, 0.05) is 50.8 Å². The summed E-state index contributed by atoms with van der Waals surface area (Å²) < 4.78 is 0. The second-order valence-corrected chi connectivity index (χ2v) is 6.52. The molecule has 0 unspecified atom stereocenters. The number of benzene rings is 1. The first-order chi connectivity index (χ1) is 12.2. The molecular weight excluding hydrogens is 312 g/mol. The number of hydrogen-bond donors (Lipinski definition) is 1. The molecule has 3 rings (SSSR count). The molecule has 132 valence electrons. The SMILES string of the molecule is Cc1cccc(N2CCN(CCCNC(=O)c3cccnc3)CC2)c1. The topological polar surface area (TPSA) is 48.5 Å². The van der Waals surface area contributed by atoms with Crippen molar-refractivity contribution in [3.05, 3.63) is 59.9 Å². The fraction of sp³-hybridized carbons (Fsp3) is 0.400. The molecule has 1 aliphatic rings. The van der Waals surface area contributed by atoms with Crippen molar-refractivity contribution in [2.24, 2.45) is 0 Å². The summed E-state index contributed by atoms with van der Waals surface area (Å²) >= 11 is 0. The highest BCUT2D eigenvalue weighted by Gasteiger charge is 2.16. The summed E-state index contributed by atoms with van der Waals surface area (Å²) in [5, 5.41) is 2.96. The minimum Gasteiger partial charge on any atom is -0.369 e. The highest BCUT2D eigenvalue weighted by molar-refractivity contribution is 5.93. The highest BCUT2D eigenvalue weighted by Crippen LogP contribution is 2.17. The number of amides is 1. The minimum atomic E-state index is -0.0441. The first kappa shape index (κ1) is 17.4. The minimum absolute atomic E-state index is 0.0441. The molecule has 1 fully saturated rings. The molecule has 5 nitrogen and oxygen atoms in total. The Balaban J connectivity index is 1.35. The molecule has 1 aliphatic heterocycles. The molecule has 0 aliphatic carbocycles. The maximum Gasteiger partial charge on any atom is 0.252 e. The van der Waals surface area contributed by atoms with Gasteiger partial charge in [0.1, 0.15) is 0 Å². The number of carbonyl (C=O) groups excluding carboxylic acids is 1. The van der Waals surface area contributed by atoms with Crippen LogP contribution in [0.2, 0.25) is 0 Å². The first-order valence-corrected chi connectivity index (χ1v) is 8.94. The Morgan fingerprint density at radius 3 is 2.72 bits per heavy atom. The van der Waals surface area contributed by atoms with Crippen molar-refractivity contribution in [2.45, 2.75) is 13.3 Å². The van der Waals surface area contributed by atoms with Gasteiger partial charge in [-0.25, -0.2) is 0 Å². The summed E-state index contributed by atoms with van der Waals surface area (Å²) in [7, 11) is 0. The molecule has 1 aromatic carbocycles. The van der Waals surface area contributed by atoms with Crippen LogP contribution in [0.25, 0.3) is 0 Å². The maximum atomic E-state index is 12.0. The third-order valence-electron chi connectivity index (χ3n) is 4.60. The summed E-state index contributed by atoms with van der Waals surface area (Å²) in [6, 6.07) is 12.3. The van der Waals surface area contributed by atoms with Crippen molar-refractivity contribution in [3.63, 3.8) is 0 Å². The lowest BCUT2D eigenvalue weighted by atomic mass is 10.2. The molecule has 0 spiro atoms. The van der Waals surface area contributed by atoms with Crippen molar-refractivity contribution >= 4 is 11.6 Å². The van der Waals surface area contributed by atoms with Crippen molar-refractivity contribution in [1.82, 2.24) is 15.2 Å². The average Bonchev–Trinajstić information content (AvgIpc) is 2.66. The Morgan fingerprint density at radius 2 is 2.00 bits per heavy atom. The van der Waals surface area contributed by atoms with Crippen LogP contribution >= 0.6 is 0 Å². The normalized spacial score (nSPS) is 15.2. The van der Waals surface area contributed by atoms with E-state index in [2.05, 4.69) is 51.3 Å². The summed E-state index contributed by atoms with van der Waals surface area (Å²) in [6.45, 7) is 8.13. The van der Waals surface area contributed by atoms with Gasteiger partial charge in [0.15, 0.2) is 0 Å². The zero-order valence-electron chi connectivity index (χ0n) is 14.8. The van der Waals surface area contributed by atoms with Crippen LogP contribution in [0.5, 0.6) is 0 Å². The molecule has 1 saturated heterocycles. The monoisotopic (exact) mass is 338 g/mol. The Morgan fingerprint density at radius 1 is 1.16 bits per heavy atom. The number of nitrogens with one attached hydrogen (secondary N) is 1.